The van der Waals surface area contributed by atoms with Crippen LogP contribution in [0.4, 0.5) is 0 Å². The van der Waals surface area contributed by atoms with Gasteiger partial charge in [-0.2, -0.15) is 0 Å². The number of nitrogens with zero attached hydrogens (tertiary/aromatic N) is 1. The molecule has 0 aliphatic carbocycles. The van der Waals surface area contributed by atoms with Gasteiger partial charge in [0.05, 0.1) is 5.02 Å². The summed E-state index contributed by atoms with van der Waals surface area (Å²) in [5.74, 6) is 0.705. The van der Waals surface area contributed by atoms with Crippen LogP contribution in [-0.4, -0.2) is 19.0 Å². The lowest BCUT2D eigenvalue weighted by Gasteiger charge is -2.11. The molecule has 0 amide bonds. The number of benzene rings is 1. The number of ether oxygens (including phenoxy) is 1. The molecule has 14 heavy (non-hydrogen) atoms. The molecule has 0 fully saturated rings. The predicted molar refractivity (Wildman–Crippen MR) is 59.4 cm³/mol. The number of rotatable bonds is 4. The van der Waals surface area contributed by atoms with Crippen molar-refractivity contribution in [3.8, 4) is 5.75 Å². The maximum Gasteiger partial charge on any atom is 0.138 e. The van der Waals surface area contributed by atoms with Gasteiger partial charge in [0.2, 0.25) is 0 Å². The molecule has 0 saturated carbocycles. The second kappa shape index (κ2) is 5.23. The highest BCUT2D eigenvalue weighted by Crippen LogP contribution is 2.26. The highest BCUT2D eigenvalue weighted by Gasteiger charge is 2.02. The Kier molecular flexibility index (Phi) is 4.23. The van der Waals surface area contributed by atoms with Gasteiger partial charge in [0, 0.05) is 6.54 Å². The van der Waals surface area contributed by atoms with E-state index in [1.807, 2.05) is 39.2 Å². The van der Waals surface area contributed by atoms with Crippen molar-refractivity contribution < 1.29 is 4.74 Å². The van der Waals surface area contributed by atoms with E-state index in [0.29, 0.717) is 10.8 Å². The maximum absolute atomic E-state index is 6.03. The van der Waals surface area contributed by atoms with E-state index >= 15 is 0 Å². The molecule has 0 aromatic heterocycles. The zero-order chi connectivity index (χ0) is 10.6. The van der Waals surface area contributed by atoms with E-state index in [2.05, 4.69) is 4.90 Å². The second-order valence-electron chi connectivity index (χ2n) is 3.36. The van der Waals surface area contributed by atoms with Crippen LogP contribution in [0.2, 0.25) is 5.02 Å². The molecular weight excluding hydrogens is 198 g/mol. The number of hydrogen-bond donors (Lipinski definition) is 0. The zero-order valence-corrected chi connectivity index (χ0v) is 9.51. The lowest BCUT2D eigenvalue weighted by molar-refractivity contribution is 0.400. The standard InChI is InChI=1S/C11H15ClNO/c1-4-14-11-6-5-9(7-10(11)12)8-13(2)3/h4-7H,8H2,1-3H3. The first-order chi connectivity index (χ1) is 6.63. The van der Waals surface area contributed by atoms with Crippen molar-refractivity contribution in [2.75, 3.05) is 14.1 Å². The van der Waals surface area contributed by atoms with Crippen molar-refractivity contribution in [1.82, 2.24) is 4.90 Å². The fraction of sp³-hybridized carbons (Fsp3) is 0.364. The van der Waals surface area contributed by atoms with Gasteiger partial charge in [-0.3, -0.25) is 0 Å². The van der Waals surface area contributed by atoms with Crippen molar-refractivity contribution >= 4 is 11.6 Å². The summed E-state index contributed by atoms with van der Waals surface area (Å²) in [6.45, 7) is 4.33. The molecule has 3 heteroatoms. The van der Waals surface area contributed by atoms with Crippen LogP contribution in [0, 0.1) is 6.61 Å². The second-order valence-corrected chi connectivity index (χ2v) is 3.76. The third kappa shape index (κ3) is 3.20. The highest BCUT2D eigenvalue weighted by molar-refractivity contribution is 6.32. The molecule has 0 atom stereocenters. The van der Waals surface area contributed by atoms with Gasteiger partial charge in [-0.05, 0) is 38.7 Å². The predicted octanol–water partition coefficient (Wildman–Crippen LogP) is 2.96. The van der Waals surface area contributed by atoms with Gasteiger partial charge in [-0.1, -0.05) is 17.7 Å². The molecular formula is C11H15ClNO. The van der Waals surface area contributed by atoms with Crippen molar-refractivity contribution in [2.45, 2.75) is 13.5 Å². The summed E-state index contributed by atoms with van der Waals surface area (Å²) < 4.78 is 5.23. The van der Waals surface area contributed by atoms with Crippen molar-refractivity contribution in [3.05, 3.63) is 35.4 Å². The van der Waals surface area contributed by atoms with Crippen LogP contribution in [0.1, 0.15) is 12.5 Å². The van der Waals surface area contributed by atoms with Crippen LogP contribution in [-0.2, 0) is 6.54 Å². The van der Waals surface area contributed by atoms with Crippen molar-refractivity contribution in [2.24, 2.45) is 0 Å². The topological polar surface area (TPSA) is 12.5 Å². The summed E-state index contributed by atoms with van der Waals surface area (Å²) in [7, 11) is 4.05. The summed E-state index contributed by atoms with van der Waals surface area (Å²) in [6.07, 6.45) is 0. The number of halogens is 1. The van der Waals surface area contributed by atoms with Crippen molar-refractivity contribution in [1.29, 1.82) is 0 Å². The Bertz CT molecular complexity index is 299. The molecule has 1 aromatic rings. The van der Waals surface area contributed by atoms with Gasteiger partial charge in [-0.25, -0.2) is 0 Å². The van der Waals surface area contributed by atoms with E-state index in [9.17, 15) is 0 Å². The molecule has 0 unspecified atom stereocenters. The van der Waals surface area contributed by atoms with Crippen LogP contribution in [0.3, 0.4) is 0 Å². The minimum Gasteiger partial charge on any atom is -0.485 e. The molecule has 0 aliphatic heterocycles. The SMILES string of the molecule is C[CH]Oc1ccc(CN(C)C)cc1Cl. The molecule has 0 bridgehead atoms. The van der Waals surface area contributed by atoms with Gasteiger partial charge in [0.15, 0.2) is 0 Å². The molecule has 0 aliphatic rings. The molecule has 1 radical (unpaired) electrons. The van der Waals surface area contributed by atoms with E-state index in [4.69, 9.17) is 16.3 Å². The van der Waals surface area contributed by atoms with E-state index < -0.39 is 0 Å². The summed E-state index contributed by atoms with van der Waals surface area (Å²) in [5, 5.41) is 0.655. The van der Waals surface area contributed by atoms with Gasteiger partial charge >= 0.3 is 0 Å². The Balaban J connectivity index is 2.78. The smallest absolute Gasteiger partial charge is 0.138 e. The van der Waals surface area contributed by atoms with Crippen LogP contribution in [0.15, 0.2) is 18.2 Å². The van der Waals surface area contributed by atoms with E-state index in [1.54, 1.807) is 6.61 Å². The summed E-state index contributed by atoms with van der Waals surface area (Å²) in [4.78, 5) is 2.10. The van der Waals surface area contributed by atoms with E-state index in [0.717, 1.165) is 6.54 Å². The molecule has 0 heterocycles. The quantitative estimate of drug-likeness (QED) is 0.761. The molecule has 1 rings (SSSR count). The molecule has 0 N–H and O–H groups in total. The van der Waals surface area contributed by atoms with Crippen LogP contribution in [0.25, 0.3) is 0 Å². The van der Waals surface area contributed by atoms with E-state index in [1.165, 1.54) is 5.56 Å². The van der Waals surface area contributed by atoms with Gasteiger partial charge < -0.3 is 9.64 Å². The van der Waals surface area contributed by atoms with Crippen LogP contribution in [0.5, 0.6) is 5.75 Å². The van der Waals surface area contributed by atoms with Crippen molar-refractivity contribution in [3.63, 3.8) is 0 Å². The average molecular weight is 213 g/mol. The first kappa shape index (κ1) is 11.3. The third-order valence-corrected chi connectivity index (χ3v) is 2.04. The largest absolute Gasteiger partial charge is 0.485 e. The zero-order valence-electron chi connectivity index (χ0n) is 8.75. The Hall–Kier alpha value is -0.730. The molecule has 2 nitrogen and oxygen atoms in total. The first-order valence-corrected chi connectivity index (χ1v) is 4.89. The number of hydrogen-bond acceptors (Lipinski definition) is 2. The maximum atomic E-state index is 6.03. The molecule has 1 aromatic carbocycles. The van der Waals surface area contributed by atoms with Gasteiger partial charge in [0.25, 0.3) is 0 Å². The summed E-state index contributed by atoms with van der Waals surface area (Å²) in [5.41, 5.74) is 1.18. The fourth-order valence-corrected chi connectivity index (χ4v) is 1.48. The Labute approximate surface area is 90.4 Å². The summed E-state index contributed by atoms with van der Waals surface area (Å²) in [6, 6.07) is 5.84. The van der Waals surface area contributed by atoms with Gasteiger partial charge in [-0.15, -0.1) is 0 Å². The Morgan fingerprint density at radius 2 is 2.14 bits per heavy atom. The molecule has 0 saturated heterocycles. The van der Waals surface area contributed by atoms with E-state index in [-0.39, 0.29) is 0 Å². The Morgan fingerprint density at radius 1 is 1.43 bits per heavy atom. The average Bonchev–Trinajstić information content (AvgIpc) is 2.09. The normalized spacial score (nSPS) is 10.6. The summed E-state index contributed by atoms with van der Waals surface area (Å²) >= 11 is 6.03. The minimum atomic E-state index is 0.655. The monoisotopic (exact) mass is 212 g/mol. The fourth-order valence-electron chi connectivity index (χ4n) is 1.23. The lowest BCUT2D eigenvalue weighted by Crippen LogP contribution is -2.10. The van der Waals surface area contributed by atoms with Crippen LogP contribution < -0.4 is 4.74 Å². The Morgan fingerprint density at radius 3 is 2.64 bits per heavy atom. The third-order valence-electron chi connectivity index (χ3n) is 1.74. The first-order valence-electron chi connectivity index (χ1n) is 4.51. The minimum absolute atomic E-state index is 0.655. The lowest BCUT2D eigenvalue weighted by atomic mass is 10.2. The molecule has 77 valence electrons. The molecule has 0 spiro atoms. The highest BCUT2D eigenvalue weighted by atomic mass is 35.5. The van der Waals surface area contributed by atoms with Crippen LogP contribution >= 0.6 is 11.6 Å². The van der Waals surface area contributed by atoms with Gasteiger partial charge in [0.1, 0.15) is 12.4 Å².